The van der Waals surface area contributed by atoms with Crippen LogP contribution in [0, 0.1) is 6.92 Å². The number of rotatable bonds is 6. The molecule has 7 heteroatoms. The van der Waals surface area contributed by atoms with Crippen molar-refractivity contribution in [3.8, 4) is 17.1 Å². The van der Waals surface area contributed by atoms with Crippen LogP contribution in [0.2, 0.25) is 5.02 Å². The molecule has 0 fully saturated rings. The van der Waals surface area contributed by atoms with Gasteiger partial charge in [0, 0.05) is 16.3 Å². The van der Waals surface area contributed by atoms with Crippen LogP contribution in [0.5, 0.6) is 5.75 Å². The maximum atomic E-state index is 6.09. The highest BCUT2D eigenvalue weighted by molar-refractivity contribution is 7.99. The Kier molecular flexibility index (Phi) is 5.27. The first-order chi connectivity index (χ1) is 11.6. The summed E-state index contributed by atoms with van der Waals surface area (Å²) >= 11 is 7.50. The monoisotopic (exact) mass is 360 g/mol. The predicted octanol–water partition coefficient (Wildman–Crippen LogP) is 3.79. The fourth-order valence-corrected chi connectivity index (χ4v) is 3.06. The molecule has 124 valence electrons. The molecule has 1 aromatic heterocycles. The highest BCUT2D eigenvalue weighted by Gasteiger charge is 2.12. The number of nitrogens with two attached hydrogens (primary N) is 1. The van der Waals surface area contributed by atoms with Crippen LogP contribution in [0.4, 0.5) is 0 Å². The van der Waals surface area contributed by atoms with E-state index < -0.39 is 0 Å². The fourth-order valence-electron chi connectivity index (χ4n) is 2.20. The van der Waals surface area contributed by atoms with Crippen molar-refractivity contribution in [1.82, 2.24) is 14.9 Å². The van der Waals surface area contributed by atoms with Crippen LogP contribution >= 0.6 is 23.4 Å². The Bertz CT molecular complexity index is 837. The van der Waals surface area contributed by atoms with Gasteiger partial charge in [0.05, 0.1) is 6.61 Å². The van der Waals surface area contributed by atoms with E-state index in [0.29, 0.717) is 22.6 Å². The molecule has 0 radical (unpaired) electrons. The van der Waals surface area contributed by atoms with E-state index in [4.69, 9.17) is 22.2 Å². The largest absolute Gasteiger partial charge is 0.493 e. The molecule has 3 rings (SSSR count). The van der Waals surface area contributed by atoms with Crippen molar-refractivity contribution >= 4 is 23.4 Å². The number of nitrogens with zero attached hydrogens (tertiary/aromatic N) is 3. The average Bonchev–Trinajstić information content (AvgIpc) is 2.93. The molecular weight excluding hydrogens is 344 g/mol. The van der Waals surface area contributed by atoms with Gasteiger partial charge in [-0.3, -0.25) is 0 Å². The van der Waals surface area contributed by atoms with Gasteiger partial charge in [-0.25, -0.2) is 4.68 Å². The van der Waals surface area contributed by atoms with Gasteiger partial charge >= 0.3 is 0 Å². The second-order valence-corrected chi connectivity index (χ2v) is 6.70. The highest BCUT2D eigenvalue weighted by Crippen LogP contribution is 2.23. The number of aryl methyl sites for hydroxylation is 1. The highest BCUT2D eigenvalue weighted by atomic mass is 35.5. The van der Waals surface area contributed by atoms with Gasteiger partial charge in [-0.1, -0.05) is 47.6 Å². The lowest BCUT2D eigenvalue weighted by Gasteiger charge is -2.07. The van der Waals surface area contributed by atoms with E-state index in [0.717, 1.165) is 17.1 Å². The van der Waals surface area contributed by atoms with E-state index in [9.17, 15) is 0 Å². The number of benzene rings is 2. The summed E-state index contributed by atoms with van der Waals surface area (Å²) < 4.78 is 7.19. The van der Waals surface area contributed by atoms with Gasteiger partial charge < -0.3 is 10.6 Å². The zero-order chi connectivity index (χ0) is 16.9. The van der Waals surface area contributed by atoms with Crippen molar-refractivity contribution in [2.75, 3.05) is 18.2 Å². The fraction of sp³-hybridized carbons (Fsp3) is 0.176. The number of ether oxygens (including phenoxy) is 1. The van der Waals surface area contributed by atoms with Gasteiger partial charge in [-0.15, -0.1) is 10.2 Å². The summed E-state index contributed by atoms with van der Waals surface area (Å²) in [7, 11) is 0. The van der Waals surface area contributed by atoms with Crippen molar-refractivity contribution in [2.24, 2.45) is 0 Å². The third-order valence-corrected chi connectivity index (χ3v) is 4.46. The van der Waals surface area contributed by atoms with Gasteiger partial charge in [-0.2, -0.15) is 0 Å². The Balaban J connectivity index is 1.58. The number of aromatic nitrogens is 3. The van der Waals surface area contributed by atoms with E-state index in [1.807, 2.05) is 49.4 Å². The topological polar surface area (TPSA) is 66.0 Å². The Morgan fingerprint density at radius 1 is 1.17 bits per heavy atom. The average molecular weight is 361 g/mol. The standard InChI is InChI=1S/C17H17ClN4OS/c1-12-4-2-7-15(10-12)23-8-9-24-17-21-20-16(22(17)19)13-5-3-6-14(18)11-13/h2-7,10-11H,8-9,19H2,1H3. The van der Waals surface area contributed by atoms with Crippen molar-refractivity contribution in [2.45, 2.75) is 12.1 Å². The molecule has 0 spiro atoms. The first kappa shape index (κ1) is 16.7. The lowest BCUT2D eigenvalue weighted by atomic mass is 10.2. The maximum Gasteiger partial charge on any atom is 0.210 e. The van der Waals surface area contributed by atoms with E-state index >= 15 is 0 Å². The summed E-state index contributed by atoms with van der Waals surface area (Å²) in [5, 5.41) is 9.55. The molecule has 3 aromatic rings. The lowest BCUT2D eigenvalue weighted by molar-refractivity contribution is 0.343. The van der Waals surface area contributed by atoms with Crippen LogP contribution in [0.25, 0.3) is 11.4 Å². The molecule has 24 heavy (non-hydrogen) atoms. The number of thioether (sulfide) groups is 1. The van der Waals surface area contributed by atoms with Crippen LogP contribution in [0.1, 0.15) is 5.56 Å². The number of nitrogen functional groups attached to an aromatic ring is 1. The minimum absolute atomic E-state index is 0.563. The number of hydrogen-bond acceptors (Lipinski definition) is 5. The van der Waals surface area contributed by atoms with Crippen LogP contribution in [-0.4, -0.2) is 27.2 Å². The first-order valence-corrected chi connectivity index (χ1v) is 8.78. The second-order valence-electron chi connectivity index (χ2n) is 5.20. The zero-order valence-electron chi connectivity index (χ0n) is 13.1. The first-order valence-electron chi connectivity index (χ1n) is 7.42. The van der Waals surface area contributed by atoms with Gasteiger partial charge in [0.2, 0.25) is 5.16 Å². The van der Waals surface area contributed by atoms with Gasteiger partial charge in [0.25, 0.3) is 0 Å². The number of hydrogen-bond donors (Lipinski definition) is 1. The zero-order valence-corrected chi connectivity index (χ0v) is 14.7. The summed E-state index contributed by atoms with van der Waals surface area (Å²) in [6.45, 7) is 2.60. The molecule has 0 saturated heterocycles. The van der Waals surface area contributed by atoms with Crippen molar-refractivity contribution < 1.29 is 4.74 Å². The second kappa shape index (κ2) is 7.59. The van der Waals surface area contributed by atoms with Gasteiger partial charge in [-0.05, 0) is 36.8 Å². The van der Waals surface area contributed by atoms with E-state index in [-0.39, 0.29) is 0 Å². The van der Waals surface area contributed by atoms with E-state index in [1.165, 1.54) is 22.0 Å². The lowest BCUT2D eigenvalue weighted by Crippen LogP contribution is -2.12. The molecule has 0 aliphatic heterocycles. The summed E-state index contributed by atoms with van der Waals surface area (Å²) in [4.78, 5) is 0. The molecule has 5 nitrogen and oxygen atoms in total. The molecule has 1 heterocycles. The third-order valence-electron chi connectivity index (χ3n) is 3.32. The Hall–Kier alpha value is -2.18. The molecule has 0 amide bonds. The molecule has 0 aliphatic rings. The summed E-state index contributed by atoms with van der Waals surface area (Å²) in [6, 6.07) is 15.3. The van der Waals surface area contributed by atoms with Gasteiger partial charge in [0.1, 0.15) is 5.75 Å². The van der Waals surface area contributed by atoms with Crippen LogP contribution in [-0.2, 0) is 0 Å². The Morgan fingerprint density at radius 3 is 2.79 bits per heavy atom. The molecular formula is C17H17ClN4OS. The molecule has 2 N–H and O–H groups in total. The third kappa shape index (κ3) is 4.01. The van der Waals surface area contributed by atoms with Gasteiger partial charge in [0.15, 0.2) is 5.82 Å². The van der Waals surface area contributed by atoms with Crippen LogP contribution < -0.4 is 10.6 Å². The minimum atomic E-state index is 0.563. The Labute approximate surface area is 149 Å². The van der Waals surface area contributed by atoms with E-state index in [2.05, 4.69) is 10.2 Å². The molecule has 2 aromatic carbocycles. The van der Waals surface area contributed by atoms with Crippen LogP contribution in [0.3, 0.4) is 0 Å². The summed E-state index contributed by atoms with van der Waals surface area (Å²) in [6.07, 6.45) is 0. The normalized spacial score (nSPS) is 10.8. The predicted molar refractivity (Wildman–Crippen MR) is 98.0 cm³/mol. The van der Waals surface area contributed by atoms with Crippen molar-refractivity contribution in [3.63, 3.8) is 0 Å². The molecule has 0 bridgehead atoms. The summed E-state index contributed by atoms with van der Waals surface area (Å²) in [5.74, 6) is 8.25. The molecule has 0 saturated carbocycles. The smallest absolute Gasteiger partial charge is 0.210 e. The molecule has 0 aliphatic carbocycles. The molecule has 0 unspecified atom stereocenters. The quantitative estimate of drug-likeness (QED) is 0.411. The van der Waals surface area contributed by atoms with Crippen LogP contribution in [0.15, 0.2) is 53.7 Å². The molecule has 0 atom stereocenters. The van der Waals surface area contributed by atoms with Crippen molar-refractivity contribution in [3.05, 3.63) is 59.1 Å². The van der Waals surface area contributed by atoms with Crippen molar-refractivity contribution in [1.29, 1.82) is 0 Å². The minimum Gasteiger partial charge on any atom is -0.493 e. The summed E-state index contributed by atoms with van der Waals surface area (Å²) in [5.41, 5.74) is 2.01. The Morgan fingerprint density at radius 2 is 2.00 bits per heavy atom. The number of halogens is 1. The van der Waals surface area contributed by atoms with E-state index in [1.54, 1.807) is 6.07 Å². The SMILES string of the molecule is Cc1cccc(OCCSc2nnc(-c3cccc(Cl)c3)n2N)c1. The maximum absolute atomic E-state index is 6.09.